The van der Waals surface area contributed by atoms with Crippen LogP contribution in [0.15, 0.2) is 71.3 Å². The van der Waals surface area contributed by atoms with E-state index in [2.05, 4.69) is 5.32 Å². The summed E-state index contributed by atoms with van der Waals surface area (Å²) in [5.74, 6) is 0.654. The lowest BCUT2D eigenvalue weighted by atomic mass is 9.93. The van der Waals surface area contributed by atoms with Crippen molar-refractivity contribution in [2.24, 2.45) is 0 Å². The summed E-state index contributed by atoms with van der Waals surface area (Å²) >= 11 is 0. The number of carbonyl (C=O) groups excluding carboxylic acids is 1. The number of nitrogens with one attached hydrogen (secondary N) is 1. The molecule has 0 spiro atoms. The van der Waals surface area contributed by atoms with Crippen LogP contribution in [0.5, 0.6) is 5.75 Å². The minimum atomic E-state index is -0.437. The van der Waals surface area contributed by atoms with Crippen LogP contribution in [0, 0.1) is 5.82 Å². The number of rotatable bonds is 8. The molecule has 1 amide bonds. The molecule has 3 rings (SSSR count). The summed E-state index contributed by atoms with van der Waals surface area (Å²) in [7, 11) is 1.63. The zero-order chi connectivity index (χ0) is 19.1. The molecule has 0 saturated heterocycles. The Morgan fingerprint density at radius 2 is 1.85 bits per heavy atom. The van der Waals surface area contributed by atoms with Crippen molar-refractivity contribution in [2.75, 3.05) is 13.7 Å². The molecule has 0 radical (unpaired) electrons. The highest BCUT2D eigenvalue weighted by Crippen LogP contribution is 2.22. The molecular weight excluding hydrogens is 345 g/mol. The Morgan fingerprint density at radius 3 is 2.48 bits per heavy atom. The van der Waals surface area contributed by atoms with Gasteiger partial charge in [-0.1, -0.05) is 24.3 Å². The molecule has 1 aromatic heterocycles. The summed E-state index contributed by atoms with van der Waals surface area (Å²) in [6.07, 6.45) is 2.72. The number of amides is 1. The van der Waals surface area contributed by atoms with Gasteiger partial charge in [-0.05, 0) is 53.9 Å². The SMILES string of the molecule is COc1ccc(CCNC(=O)C(Cc2ccco2)c2ccc(F)cc2)cc1. The first kappa shape index (κ1) is 18.7. The summed E-state index contributed by atoms with van der Waals surface area (Å²) < 4.78 is 23.8. The zero-order valence-corrected chi connectivity index (χ0v) is 15.2. The monoisotopic (exact) mass is 367 g/mol. The number of benzene rings is 2. The molecule has 0 aliphatic heterocycles. The number of carbonyl (C=O) groups is 1. The highest BCUT2D eigenvalue weighted by atomic mass is 19.1. The molecule has 0 saturated carbocycles. The predicted molar refractivity (Wildman–Crippen MR) is 101 cm³/mol. The van der Waals surface area contributed by atoms with Gasteiger partial charge in [0.15, 0.2) is 0 Å². The molecule has 27 heavy (non-hydrogen) atoms. The number of hydrogen-bond acceptors (Lipinski definition) is 3. The fraction of sp³-hybridized carbons (Fsp3) is 0.227. The van der Waals surface area contributed by atoms with Gasteiger partial charge in [-0.15, -0.1) is 0 Å². The van der Waals surface area contributed by atoms with Gasteiger partial charge >= 0.3 is 0 Å². The predicted octanol–water partition coefficient (Wildman–Crippen LogP) is 4.11. The summed E-state index contributed by atoms with van der Waals surface area (Å²) in [4.78, 5) is 12.8. The van der Waals surface area contributed by atoms with Gasteiger partial charge in [-0.25, -0.2) is 4.39 Å². The number of halogens is 1. The lowest BCUT2D eigenvalue weighted by molar-refractivity contribution is -0.122. The molecule has 0 aliphatic rings. The van der Waals surface area contributed by atoms with Gasteiger partial charge in [-0.3, -0.25) is 4.79 Å². The summed E-state index contributed by atoms with van der Waals surface area (Å²) in [5.41, 5.74) is 1.87. The van der Waals surface area contributed by atoms with E-state index >= 15 is 0 Å². The Morgan fingerprint density at radius 1 is 1.11 bits per heavy atom. The van der Waals surface area contributed by atoms with Gasteiger partial charge in [0.2, 0.25) is 5.91 Å². The summed E-state index contributed by atoms with van der Waals surface area (Å²) in [5, 5.41) is 2.98. The maximum atomic E-state index is 13.2. The van der Waals surface area contributed by atoms with E-state index in [9.17, 15) is 9.18 Å². The second kappa shape index (κ2) is 9.03. The third-order valence-corrected chi connectivity index (χ3v) is 4.45. The Labute approximate surface area is 158 Å². The molecule has 5 heteroatoms. The largest absolute Gasteiger partial charge is 0.497 e. The molecule has 2 aromatic carbocycles. The molecule has 3 aromatic rings. The normalized spacial score (nSPS) is 11.8. The highest BCUT2D eigenvalue weighted by molar-refractivity contribution is 5.83. The molecular formula is C22H22FNO3. The molecule has 1 unspecified atom stereocenters. The lowest BCUT2D eigenvalue weighted by Crippen LogP contribution is -2.32. The fourth-order valence-electron chi connectivity index (χ4n) is 2.93. The van der Waals surface area contributed by atoms with Crippen molar-refractivity contribution < 1.29 is 18.3 Å². The van der Waals surface area contributed by atoms with Crippen LogP contribution in [0.4, 0.5) is 4.39 Å². The number of furan rings is 1. The second-order valence-corrected chi connectivity index (χ2v) is 6.28. The van der Waals surface area contributed by atoms with Crippen molar-refractivity contribution in [1.82, 2.24) is 5.32 Å². The smallest absolute Gasteiger partial charge is 0.228 e. The van der Waals surface area contributed by atoms with Crippen LogP contribution in [-0.2, 0) is 17.6 Å². The van der Waals surface area contributed by atoms with Crippen LogP contribution in [0.3, 0.4) is 0 Å². The Bertz CT molecular complexity index is 842. The van der Waals surface area contributed by atoms with E-state index in [0.29, 0.717) is 19.4 Å². The van der Waals surface area contributed by atoms with Crippen molar-refractivity contribution in [3.63, 3.8) is 0 Å². The van der Waals surface area contributed by atoms with Gasteiger partial charge in [0.1, 0.15) is 17.3 Å². The highest BCUT2D eigenvalue weighted by Gasteiger charge is 2.22. The lowest BCUT2D eigenvalue weighted by Gasteiger charge is -2.16. The number of hydrogen-bond donors (Lipinski definition) is 1. The average molecular weight is 367 g/mol. The first-order valence-corrected chi connectivity index (χ1v) is 8.84. The molecule has 1 N–H and O–H groups in total. The van der Waals surface area contributed by atoms with E-state index in [-0.39, 0.29) is 11.7 Å². The van der Waals surface area contributed by atoms with Gasteiger partial charge in [-0.2, -0.15) is 0 Å². The molecule has 0 bridgehead atoms. The number of methoxy groups -OCH3 is 1. The van der Waals surface area contributed by atoms with Crippen molar-refractivity contribution in [3.8, 4) is 5.75 Å². The van der Waals surface area contributed by atoms with Crippen LogP contribution in [0.1, 0.15) is 22.8 Å². The first-order valence-electron chi connectivity index (χ1n) is 8.84. The van der Waals surface area contributed by atoms with Gasteiger partial charge < -0.3 is 14.5 Å². The van der Waals surface area contributed by atoms with E-state index < -0.39 is 5.92 Å². The van der Waals surface area contributed by atoms with Crippen LogP contribution >= 0.6 is 0 Å². The van der Waals surface area contributed by atoms with Crippen molar-refractivity contribution in [2.45, 2.75) is 18.8 Å². The van der Waals surface area contributed by atoms with Crippen molar-refractivity contribution in [3.05, 3.63) is 89.6 Å². The van der Waals surface area contributed by atoms with Gasteiger partial charge in [0.25, 0.3) is 0 Å². The van der Waals surface area contributed by atoms with Crippen LogP contribution < -0.4 is 10.1 Å². The minimum Gasteiger partial charge on any atom is -0.497 e. The van der Waals surface area contributed by atoms with Crippen molar-refractivity contribution in [1.29, 1.82) is 0 Å². The molecule has 140 valence electrons. The molecule has 0 fully saturated rings. The van der Waals surface area contributed by atoms with E-state index in [4.69, 9.17) is 9.15 Å². The summed E-state index contributed by atoms with van der Waals surface area (Å²) in [6, 6.07) is 17.4. The van der Waals surface area contributed by atoms with Crippen LogP contribution in [0.2, 0.25) is 0 Å². The molecule has 1 heterocycles. The quantitative estimate of drug-likeness (QED) is 0.652. The third kappa shape index (κ3) is 5.20. The second-order valence-electron chi connectivity index (χ2n) is 6.28. The van der Waals surface area contributed by atoms with Gasteiger partial charge in [0, 0.05) is 13.0 Å². The molecule has 1 atom stereocenters. The van der Waals surface area contributed by atoms with E-state index in [1.807, 2.05) is 30.3 Å². The molecule has 0 aliphatic carbocycles. The Hall–Kier alpha value is -3.08. The average Bonchev–Trinajstić information content (AvgIpc) is 3.21. The van der Waals surface area contributed by atoms with Crippen LogP contribution in [-0.4, -0.2) is 19.6 Å². The minimum absolute atomic E-state index is 0.105. The number of ether oxygens (including phenoxy) is 1. The van der Waals surface area contributed by atoms with E-state index in [1.165, 1.54) is 12.1 Å². The topological polar surface area (TPSA) is 51.5 Å². The Balaban J connectivity index is 1.63. The third-order valence-electron chi connectivity index (χ3n) is 4.45. The standard InChI is InChI=1S/C22H22FNO3/c1-26-19-10-4-16(5-11-19)12-13-24-22(25)21(15-20-3-2-14-27-20)17-6-8-18(23)9-7-17/h2-11,14,21H,12-13,15H2,1H3,(H,24,25). The Kier molecular flexibility index (Phi) is 6.26. The maximum absolute atomic E-state index is 13.2. The maximum Gasteiger partial charge on any atom is 0.228 e. The van der Waals surface area contributed by atoms with Gasteiger partial charge in [0.05, 0.1) is 19.3 Å². The zero-order valence-electron chi connectivity index (χ0n) is 15.2. The fourth-order valence-corrected chi connectivity index (χ4v) is 2.93. The van der Waals surface area contributed by atoms with E-state index in [1.54, 1.807) is 31.6 Å². The first-order chi connectivity index (χ1) is 13.2. The van der Waals surface area contributed by atoms with Crippen LogP contribution in [0.25, 0.3) is 0 Å². The molecule has 4 nitrogen and oxygen atoms in total. The van der Waals surface area contributed by atoms with Crippen molar-refractivity contribution >= 4 is 5.91 Å². The summed E-state index contributed by atoms with van der Waals surface area (Å²) in [6.45, 7) is 0.515. The van der Waals surface area contributed by atoms with E-state index in [0.717, 1.165) is 22.6 Å².